The van der Waals surface area contributed by atoms with Crippen molar-refractivity contribution in [3.8, 4) is 23.8 Å². The van der Waals surface area contributed by atoms with Gasteiger partial charge >= 0.3 is 5.97 Å². The molecule has 246 valence electrons. The normalized spacial score (nSPS) is 22.5. The number of carbonyl (C=O) groups is 2. The third-order valence-electron chi connectivity index (χ3n) is 6.85. The highest BCUT2D eigenvalue weighted by Gasteiger charge is 2.56. The molecule has 0 aromatic heterocycles. The molecule has 45 heavy (non-hydrogen) atoms. The first kappa shape index (κ1) is 35.9. The standard InChI is InChI=1S/C32H42N2O11/c1-4-13-41-14-15-42-16-17-43-32(31(39)40-3)19-26(36)28(34-22(2)35)30(45-32)29(38)27(37)21-33-20-23-9-8-12-25(18-23)44-24-10-6-5-7-11-24/h1,5-12,18,26-30,33,36-38H,13-17,19-21H2,2-3H3,(H,34,35)/t26-,27+,28+,29+,30+,32+/m0/s1. The quantitative estimate of drug-likeness (QED) is 0.0878. The lowest BCUT2D eigenvalue weighted by Crippen LogP contribution is -2.68. The smallest absolute Gasteiger partial charge is 0.366 e. The molecule has 1 fully saturated rings. The van der Waals surface area contributed by atoms with Crippen LogP contribution in [-0.4, -0.2) is 110 Å². The Labute approximate surface area is 262 Å². The fraction of sp³-hybridized carbons (Fsp3) is 0.500. The number of carbonyl (C=O) groups excluding carboxylic acids is 2. The third kappa shape index (κ3) is 11.1. The number of ether oxygens (including phenoxy) is 6. The van der Waals surface area contributed by atoms with Crippen molar-refractivity contribution in [2.45, 2.75) is 56.1 Å². The Kier molecular flexibility index (Phi) is 14.7. The van der Waals surface area contributed by atoms with E-state index in [4.69, 9.17) is 34.8 Å². The minimum Gasteiger partial charge on any atom is -0.465 e. The Hall–Kier alpha value is -3.58. The average Bonchev–Trinajstić information content (AvgIpc) is 3.03. The van der Waals surface area contributed by atoms with Gasteiger partial charge in [0.2, 0.25) is 5.91 Å². The highest BCUT2D eigenvalue weighted by molar-refractivity contribution is 5.78. The van der Waals surface area contributed by atoms with Gasteiger partial charge in [0.1, 0.15) is 30.3 Å². The van der Waals surface area contributed by atoms with Crippen LogP contribution < -0.4 is 15.4 Å². The summed E-state index contributed by atoms with van der Waals surface area (Å²) in [5.41, 5.74) is 0.855. The van der Waals surface area contributed by atoms with Crippen molar-refractivity contribution in [3.63, 3.8) is 0 Å². The molecule has 6 atom stereocenters. The van der Waals surface area contributed by atoms with Gasteiger partial charge in [0.05, 0.1) is 51.8 Å². The lowest BCUT2D eigenvalue weighted by molar-refractivity contribution is -0.313. The van der Waals surface area contributed by atoms with Gasteiger partial charge in [0.15, 0.2) is 0 Å². The lowest BCUT2D eigenvalue weighted by atomic mass is 9.88. The van der Waals surface area contributed by atoms with Gasteiger partial charge in [-0.25, -0.2) is 4.79 Å². The van der Waals surface area contributed by atoms with E-state index in [0.29, 0.717) is 18.0 Å². The first-order valence-electron chi connectivity index (χ1n) is 14.5. The summed E-state index contributed by atoms with van der Waals surface area (Å²) in [6.45, 7) is 1.95. The molecule has 0 saturated carbocycles. The van der Waals surface area contributed by atoms with Crippen molar-refractivity contribution in [2.24, 2.45) is 0 Å². The zero-order valence-corrected chi connectivity index (χ0v) is 25.4. The van der Waals surface area contributed by atoms with Gasteiger partial charge < -0.3 is 54.4 Å². The number of para-hydroxylation sites is 1. The summed E-state index contributed by atoms with van der Waals surface area (Å²) in [7, 11) is 1.12. The molecule has 2 aromatic carbocycles. The number of nitrogens with one attached hydrogen (secondary N) is 2. The van der Waals surface area contributed by atoms with Crippen LogP contribution in [0.3, 0.4) is 0 Å². The van der Waals surface area contributed by atoms with Crippen molar-refractivity contribution >= 4 is 11.9 Å². The first-order valence-corrected chi connectivity index (χ1v) is 14.5. The highest BCUT2D eigenvalue weighted by atomic mass is 16.7. The van der Waals surface area contributed by atoms with Crippen LogP contribution in [0.2, 0.25) is 0 Å². The maximum absolute atomic E-state index is 12.9. The fourth-order valence-electron chi connectivity index (χ4n) is 4.76. The van der Waals surface area contributed by atoms with Gasteiger partial charge in [-0.05, 0) is 29.8 Å². The van der Waals surface area contributed by atoms with Crippen molar-refractivity contribution < 1.29 is 53.3 Å². The summed E-state index contributed by atoms with van der Waals surface area (Å²) in [4.78, 5) is 24.8. The summed E-state index contributed by atoms with van der Waals surface area (Å²) in [5, 5.41) is 38.7. The van der Waals surface area contributed by atoms with E-state index in [-0.39, 0.29) is 39.6 Å². The van der Waals surface area contributed by atoms with Gasteiger partial charge in [-0.2, -0.15) is 0 Å². The molecule has 2 aromatic rings. The van der Waals surface area contributed by atoms with Crippen LogP contribution in [0, 0.1) is 12.3 Å². The third-order valence-corrected chi connectivity index (χ3v) is 6.85. The molecule has 1 amide bonds. The van der Waals surface area contributed by atoms with Gasteiger partial charge in [0.25, 0.3) is 5.79 Å². The molecule has 0 bridgehead atoms. The molecule has 3 rings (SSSR count). The molecular weight excluding hydrogens is 588 g/mol. The minimum atomic E-state index is -2.15. The van der Waals surface area contributed by atoms with Crippen molar-refractivity contribution in [2.75, 3.05) is 46.7 Å². The number of terminal acetylenes is 1. The minimum absolute atomic E-state index is 0.0318. The van der Waals surface area contributed by atoms with E-state index in [1.807, 2.05) is 54.6 Å². The van der Waals surface area contributed by atoms with E-state index in [1.165, 1.54) is 6.92 Å². The zero-order chi connectivity index (χ0) is 32.7. The van der Waals surface area contributed by atoms with Crippen molar-refractivity contribution in [1.29, 1.82) is 0 Å². The molecule has 5 N–H and O–H groups in total. The zero-order valence-electron chi connectivity index (χ0n) is 25.4. The van der Waals surface area contributed by atoms with Gasteiger partial charge in [-0.15, -0.1) is 6.42 Å². The molecule has 1 aliphatic rings. The topological polar surface area (TPSA) is 174 Å². The molecule has 0 unspecified atom stereocenters. The molecule has 13 nitrogen and oxygen atoms in total. The van der Waals surface area contributed by atoms with Crippen LogP contribution in [-0.2, 0) is 39.8 Å². The Morgan fingerprint density at radius 3 is 2.49 bits per heavy atom. The molecule has 0 aliphatic carbocycles. The van der Waals surface area contributed by atoms with E-state index in [0.717, 1.165) is 12.7 Å². The van der Waals surface area contributed by atoms with E-state index in [1.54, 1.807) is 0 Å². The molecule has 1 heterocycles. The number of aliphatic hydroxyl groups excluding tert-OH is 3. The molecule has 0 radical (unpaired) electrons. The van der Waals surface area contributed by atoms with E-state index < -0.39 is 54.5 Å². The number of hydrogen-bond acceptors (Lipinski definition) is 12. The fourth-order valence-corrected chi connectivity index (χ4v) is 4.76. The monoisotopic (exact) mass is 630 g/mol. The van der Waals surface area contributed by atoms with Gasteiger partial charge in [-0.1, -0.05) is 36.3 Å². The lowest BCUT2D eigenvalue weighted by Gasteiger charge is -2.47. The number of aliphatic hydroxyl groups is 3. The molecular formula is C32H42N2O11. The summed E-state index contributed by atoms with van der Waals surface area (Å²) in [6, 6.07) is 15.5. The van der Waals surface area contributed by atoms with Crippen LogP contribution in [0.25, 0.3) is 0 Å². The van der Waals surface area contributed by atoms with Crippen molar-refractivity contribution in [1.82, 2.24) is 10.6 Å². The second kappa shape index (κ2) is 18.4. The highest BCUT2D eigenvalue weighted by Crippen LogP contribution is 2.34. The molecule has 1 saturated heterocycles. The Morgan fingerprint density at radius 2 is 1.78 bits per heavy atom. The number of benzene rings is 2. The molecule has 13 heteroatoms. The number of amides is 1. The summed E-state index contributed by atoms with van der Waals surface area (Å²) < 4.78 is 33.0. The van der Waals surface area contributed by atoms with Crippen molar-refractivity contribution in [3.05, 3.63) is 60.2 Å². The predicted octanol–water partition coefficient (Wildman–Crippen LogP) is 0.497. The van der Waals surface area contributed by atoms with Crippen LogP contribution in [0.15, 0.2) is 54.6 Å². The maximum Gasteiger partial charge on any atom is 0.366 e. The number of hydrogen-bond donors (Lipinski definition) is 5. The van der Waals surface area contributed by atoms with Crippen LogP contribution in [0.1, 0.15) is 18.9 Å². The van der Waals surface area contributed by atoms with Gasteiger partial charge in [-0.3, -0.25) is 4.79 Å². The first-order chi connectivity index (χ1) is 21.7. The Morgan fingerprint density at radius 1 is 1.07 bits per heavy atom. The second-order valence-electron chi connectivity index (χ2n) is 10.3. The Balaban J connectivity index is 1.64. The molecule has 0 spiro atoms. The summed E-state index contributed by atoms with van der Waals surface area (Å²) in [5.74, 6) is 0.0229. The van der Waals surface area contributed by atoms with E-state index >= 15 is 0 Å². The number of rotatable bonds is 18. The second-order valence-corrected chi connectivity index (χ2v) is 10.3. The largest absolute Gasteiger partial charge is 0.465 e. The average molecular weight is 631 g/mol. The Bertz CT molecular complexity index is 1240. The van der Waals surface area contributed by atoms with Crippen LogP contribution >= 0.6 is 0 Å². The maximum atomic E-state index is 12.9. The summed E-state index contributed by atoms with van der Waals surface area (Å²) >= 11 is 0. The number of esters is 1. The predicted molar refractivity (Wildman–Crippen MR) is 161 cm³/mol. The molecule has 1 aliphatic heterocycles. The number of methoxy groups -OCH3 is 1. The van der Waals surface area contributed by atoms with E-state index in [2.05, 4.69) is 16.6 Å². The van der Waals surface area contributed by atoms with Crippen LogP contribution in [0.4, 0.5) is 0 Å². The van der Waals surface area contributed by atoms with Gasteiger partial charge in [0, 0.05) is 26.4 Å². The van der Waals surface area contributed by atoms with E-state index in [9.17, 15) is 24.9 Å². The SMILES string of the molecule is C#CCOCCOCCO[C@]1(C(=O)OC)C[C@H](O)[C@@H](NC(C)=O)[C@H]([C@H](O)[C@H](O)CNCc2cccc(Oc3ccccc3)c2)O1. The summed E-state index contributed by atoms with van der Waals surface area (Å²) in [6.07, 6.45) is -1.29. The van der Waals surface area contributed by atoms with Crippen LogP contribution in [0.5, 0.6) is 11.5 Å².